The highest BCUT2D eigenvalue weighted by Gasteiger charge is 2.35. The summed E-state index contributed by atoms with van der Waals surface area (Å²) < 4.78 is 0. The average Bonchev–Trinajstić information content (AvgIpc) is 3.39. The molecule has 0 aliphatic heterocycles. The Kier molecular flexibility index (Phi) is 6.02. The minimum Gasteiger partial charge on any atom is -0.0616 e. The summed E-state index contributed by atoms with van der Waals surface area (Å²) in [5.74, 6) is 0. The minimum atomic E-state index is -0.107. The third-order valence-electron chi connectivity index (χ3n) is 11.1. The van der Waals surface area contributed by atoms with Crippen molar-refractivity contribution >= 4 is 43.1 Å². The maximum Gasteiger partial charge on any atom is 0.0159 e. The summed E-state index contributed by atoms with van der Waals surface area (Å²) in [5.41, 5.74) is 12.9. The molecule has 0 radical (unpaired) electrons. The van der Waals surface area contributed by atoms with Crippen molar-refractivity contribution in [2.75, 3.05) is 0 Å². The molecule has 1 aliphatic rings. The second-order valence-corrected chi connectivity index (χ2v) is 14.2. The van der Waals surface area contributed by atoms with Crippen LogP contribution in [0, 0.1) is 0 Å². The molecule has 1 aliphatic carbocycles. The van der Waals surface area contributed by atoms with Gasteiger partial charge in [-0.05, 0) is 123 Å². The summed E-state index contributed by atoms with van der Waals surface area (Å²) in [6, 6.07) is 63.2. The first-order chi connectivity index (χ1) is 24.0. The highest BCUT2D eigenvalue weighted by atomic mass is 14.4. The van der Waals surface area contributed by atoms with Crippen LogP contribution in [0.3, 0.4) is 0 Å². The first-order valence-electron chi connectivity index (χ1n) is 17.2. The van der Waals surface area contributed by atoms with Gasteiger partial charge in [0.05, 0.1) is 0 Å². The Balaban J connectivity index is 1.00. The van der Waals surface area contributed by atoms with E-state index < -0.39 is 0 Å². The second-order valence-electron chi connectivity index (χ2n) is 14.2. The zero-order valence-corrected chi connectivity index (χ0v) is 27.7. The van der Waals surface area contributed by atoms with Crippen LogP contribution in [0.25, 0.3) is 87.6 Å². The van der Waals surface area contributed by atoms with Crippen molar-refractivity contribution in [3.63, 3.8) is 0 Å². The van der Waals surface area contributed by atoms with Crippen molar-refractivity contribution in [3.8, 4) is 44.5 Å². The second kappa shape index (κ2) is 10.5. The van der Waals surface area contributed by atoms with Crippen molar-refractivity contribution in [2.24, 2.45) is 0 Å². The monoisotopic (exact) mass is 622 g/mol. The molecular formula is C49H34. The number of rotatable bonds is 3. The molecule has 49 heavy (non-hydrogen) atoms. The predicted molar refractivity (Wildman–Crippen MR) is 210 cm³/mol. The number of benzene rings is 9. The number of hydrogen-bond donors (Lipinski definition) is 0. The molecule has 0 fully saturated rings. The van der Waals surface area contributed by atoms with Crippen LogP contribution in [-0.2, 0) is 5.41 Å². The Labute approximate surface area is 286 Å². The van der Waals surface area contributed by atoms with Crippen molar-refractivity contribution < 1.29 is 0 Å². The first-order valence-corrected chi connectivity index (χ1v) is 17.2. The summed E-state index contributed by atoms with van der Waals surface area (Å²) in [6.45, 7) is 4.76. The topological polar surface area (TPSA) is 0 Å². The molecule has 0 heteroatoms. The lowest BCUT2D eigenvalue weighted by Gasteiger charge is -2.23. The largest absolute Gasteiger partial charge is 0.0616 e. The third kappa shape index (κ3) is 4.38. The Morgan fingerprint density at radius 1 is 0.286 bits per heavy atom. The van der Waals surface area contributed by atoms with E-state index >= 15 is 0 Å². The van der Waals surface area contributed by atoms with Gasteiger partial charge in [0.15, 0.2) is 0 Å². The van der Waals surface area contributed by atoms with E-state index in [0.717, 1.165) is 0 Å². The van der Waals surface area contributed by atoms with Crippen LogP contribution >= 0.6 is 0 Å². The maximum atomic E-state index is 2.44. The quantitative estimate of drug-likeness (QED) is 0.172. The number of hydrogen-bond acceptors (Lipinski definition) is 0. The van der Waals surface area contributed by atoms with E-state index in [1.54, 1.807) is 0 Å². The summed E-state index contributed by atoms with van der Waals surface area (Å²) in [5, 5.41) is 10.3. The van der Waals surface area contributed by atoms with Crippen LogP contribution in [0.15, 0.2) is 170 Å². The number of fused-ring (bicyclic) bond motifs is 9. The van der Waals surface area contributed by atoms with E-state index in [-0.39, 0.29) is 5.41 Å². The van der Waals surface area contributed by atoms with Crippen LogP contribution in [0.1, 0.15) is 25.0 Å². The van der Waals surface area contributed by atoms with Crippen molar-refractivity contribution in [3.05, 3.63) is 181 Å². The Morgan fingerprint density at radius 3 is 1.39 bits per heavy atom. The molecule has 0 saturated carbocycles. The van der Waals surface area contributed by atoms with E-state index in [9.17, 15) is 0 Å². The van der Waals surface area contributed by atoms with Crippen molar-refractivity contribution in [2.45, 2.75) is 19.3 Å². The van der Waals surface area contributed by atoms with Gasteiger partial charge < -0.3 is 0 Å². The van der Waals surface area contributed by atoms with E-state index in [4.69, 9.17) is 0 Å². The molecule has 0 aromatic heterocycles. The lowest BCUT2D eigenvalue weighted by molar-refractivity contribution is 0.661. The van der Waals surface area contributed by atoms with Crippen LogP contribution in [-0.4, -0.2) is 0 Å². The highest BCUT2D eigenvalue weighted by molar-refractivity contribution is 6.17. The molecule has 0 N–H and O–H groups in total. The molecule has 9 aromatic carbocycles. The summed E-state index contributed by atoms with van der Waals surface area (Å²) in [4.78, 5) is 0. The minimum absolute atomic E-state index is 0.107. The molecule has 0 nitrogen and oxygen atoms in total. The fourth-order valence-corrected chi connectivity index (χ4v) is 8.32. The molecule has 230 valence electrons. The van der Waals surface area contributed by atoms with Gasteiger partial charge in [0.2, 0.25) is 0 Å². The van der Waals surface area contributed by atoms with Gasteiger partial charge in [0.25, 0.3) is 0 Å². The standard InChI is InChI=1S/C49H34/c1-49(2)47-29-39(33-13-11-32(12-14-33)37-17-15-31-7-3-4-9-36(31)27-37)21-25-44(47)45-26-22-40(30-48(45)49)38-18-16-35-20-23-42-41-10-6-5-8-34(41)19-24-43(42)46(35)28-38/h3-30H,1-2H3. The Morgan fingerprint density at radius 2 is 0.714 bits per heavy atom. The molecule has 0 atom stereocenters. The van der Waals surface area contributed by atoms with Gasteiger partial charge in [0.1, 0.15) is 0 Å². The molecule has 0 saturated heterocycles. The molecule has 0 heterocycles. The maximum absolute atomic E-state index is 2.44. The molecular weight excluding hydrogens is 589 g/mol. The Hall–Kier alpha value is -5.98. The highest BCUT2D eigenvalue weighted by Crippen LogP contribution is 2.51. The molecule has 10 rings (SSSR count). The van der Waals surface area contributed by atoms with Crippen LogP contribution in [0.5, 0.6) is 0 Å². The van der Waals surface area contributed by atoms with Gasteiger partial charge in [-0.2, -0.15) is 0 Å². The van der Waals surface area contributed by atoms with E-state index in [2.05, 4.69) is 184 Å². The fourth-order valence-electron chi connectivity index (χ4n) is 8.32. The van der Waals surface area contributed by atoms with Crippen LogP contribution in [0.2, 0.25) is 0 Å². The van der Waals surface area contributed by atoms with E-state index in [1.165, 1.54) is 98.7 Å². The summed E-state index contributed by atoms with van der Waals surface area (Å²) in [6.07, 6.45) is 0. The normalized spacial score (nSPS) is 13.3. The lowest BCUT2D eigenvalue weighted by atomic mass is 9.80. The Bertz CT molecular complexity index is 2780. The molecule has 9 aromatic rings. The van der Waals surface area contributed by atoms with E-state index in [1.807, 2.05) is 0 Å². The van der Waals surface area contributed by atoms with Crippen LogP contribution < -0.4 is 0 Å². The van der Waals surface area contributed by atoms with Gasteiger partial charge in [-0.15, -0.1) is 0 Å². The molecule has 0 spiro atoms. The fraction of sp³-hybridized carbons (Fsp3) is 0.0612. The van der Waals surface area contributed by atoms with Gasteiger partial charge in [-0.25, -0.2) is 0 Å². The SMILES string of the molecule is CC1(C)c2cc(-c3ccc(-c4ccc5ccccc5c4)cc3)ccc2-c2ccc(-c3ccc4ccc5c6ccccc6ccc5c4c3)cc21. The van der Waals surface area contributed by atoms with Crippen molar-refractivity contribution in [1.82, 2.24) is 0 Å². The van der Waals surface area contributed by atoms with Crippen molar-refractivity contribution in [1.29, 1.82) is 0 Å². The van der Waals surface area contributed by atoms with Gasteiger partial charge in [0, 0.05) is 5.41 Å². The molecule has 0 amide bonds. The lowest BCUT2D eigenvalue weighted by Crippen LogP contribution is -2.15. The predicted octanol–water partition coefficient (Wildman–Crippen LogP) is 13.6. The molecule has 0 bridgehead atoms. The van der Waals surface area contributed by atoms with Gasteiger partial charge in [-0.1, -0.05) is 159 Å². The first kappa shape index (κ1) is 28.1. The average molecular weight is 623 g/mol. The van der Waals surface area contributed by atoms with Gasteiger partial charge >= 0.3 is 0 Å². The van der Waals surface area contributed by atoms with Crippen LogP contribution in [0.4, 0.5) is 0 Å². The third-order valence-corrected chi connectivity index (χ3v) is 11.1. The van der Waals surface area contributed by atoms with Gasteiger partial charge in [-0.3, -0.25) is 0 Å². The van der Waals surface area contributed by atoms with E-state index in [0.29, 0.717) is 0 Å². The zero-order chi connectivity index (χ0) is 32.7. The summed E-state index contributed by atoms with van der Waals surface area (Å²) >= 11 is 0. The summed E-state index contributed by atoms with van der Waals surface area (Å²) in [7, 11) is 0. The molecule has 0 unspecified atom stereocenters. The smallest absolute Gasteiger partial charge is 0.0159 e. The zero-order valence-electron chi connectivity index (χ0n) is 27.7.